The van der Waals surface area contributed by atoms with Crippen LogP contribution in [0.2, 0.25) is 0 Å². The average Bonchev–Trinajstić information content (AvgIpc) is 3.07. The molecule has 1 aromatic rings. The van der Waals surface area contributed by atoms with Crippen LogP contribution in [0.15, 0.2) is 6.20 Å². The van der Waals surface area contributed by atoms with E-state index in [9.17, 15) is 4.79 Å². The number of carbonyl (C=O) groups excluding carboxylic acids is 1. The van der Waals surface area contributed by atoms with E-state index in [-0.39, 0.29) is 17.9 Å². The summed E-state index contributed by atoms with van der Waals surface area (Å²) in [6.45, 7) is 3.75. The molecule has 2 aliphatic heterocycles. The van der Waals surface area contributed by atoms with Crippen LogP contribution in [0.1, 0.15) is 25.0 Å². The normalized spacial score (nSPS) is 27.6. The van der Waals surface area contributed by atoms with Crippen molar-refractivity contribution in [3.05, 3.63) is 11.9 Å². The van der Waals surface area contributed by atoms with Gasteiger partial charge in [-0.25, -0.2) is 0 Å². The fourth-order valence-electron chi connectivity index (χ4n) is 3.49. The van der Waals surface area contributed by atoms with Crippen molar-refractivity contribution in [3.63, 3.8) is 0 Å². The third-order valence-electron chi connectivity index (χ3n) is 4.48. The number of nitrogens with one attached hydrogen (secondary N) is 1. The molecule has 7 nitrogen and oxygen atoms in total. The minimum atomic E-state index is -0.239. The molecule has 1 aromatic heterocycles. The number of likely N-dealkylation sites (tertiary alicyclic amines) is 2. The van der Waals surface area contributed by atoms with Crippen LogP contribution >= 0.6 is 0 Å². The van der Waals surface area contributed by atoms with Gasteiger partial charge in [0.05, 0.1) is 23.9 Å². The Balaban J connectivity index is 1.66. The van der Waals surface area contributed by atoms with E-state index in [1.54, 1.807) is 6.20 Å². The molecule has 2 aliphatic rings. The number of nitrogens with zero attached hydrogens (tertiary/aromatic N) is 4. The number of aliphatic hydroxyl groups excluding tert-OH is 1. The molecule has 0 radical (unpaired) electrons. The van der Waals surface area contributed by atoms with Gasteiger partial charge in [-0.3, -0.25) is 9.69 Å². The van der Waals surface area contributed by atoms with Crippen molar-refractivity contribution in [2.75, 3.05) is 32.8 Å². The Kier molecular flexibility index (Phi) is 3.71. The number of β-amino-alcohol motifs (C(OH)–C–C–N with tert-alkyl or cyclic N) is 1. The highest BCUT2D eigenvalue weighted by molar-refractivity contribution is 5.84. The van der Waals surface area contributed by atoms with Crippen molar-refractivity contribution < 1.29 is 9.90 Å². The summed E-state index contributed by atoms with van der Waals surface area (Å²) in [5, 5.41) is 19.6. The zero-order chi connectivity index (χ0) is 14.0. The fourth-order valence-corrected chi connectivity index (χ4v) is 3.49. The van der Waals surface area contributed by atoms with Gasteiger partial charge in [-0.05, 0) is 25.8 Å². The Morgan fingerprint density at radius 3 is 3.05 bits per heavy atom. The molecule has 1 spiro atoms. The maximum absolute atomic E-state index is 12.6. The molecule has 7 heteroatoms. The largest absolute Gasteiger partial charge is 0.395 e. The molecule has 0 saturated carbocycles. The SMILES string of the molecule is O=C1N(CCO)CCC[C@]12CCN(Cc1cn[nH]n1)C2. The van der Waals surface area contributed by atoms with E-state index in [1.165, 1.54) is 0 Å². The zero-order valence-corrected chi connectivity index (χ0v) is 11.6. The van der Waals surface area contributed by atoms with Crippen molar-refractivity contribution in [1.29, 1.82) is 0 Å². The second kappa shape index (κ2) is 5.49. The Morgan fingerprint density at radius 2 is 2.30 bits per heavy atom. The highest BCUT2D eigenvalue weighted by atomic mass is 16.3. The molecule has 2 saturated heterocycles. The Hall–Kier alpha value is -1.47. The molecule has 2 N–H and O–H groups in total. The Bertz CT molecular complexity index is 461. The molecule has 1 amide bonds. The molecule has 2 fully saturated rings. The molecule has 0 aromatic carbocycles. The molecule has 0 unspecified atom stereocenters. The number of rotatable bonds is 4. The smallest absolute Gasteiger partial charge is 0.230 e. The molecular weight excluding hydrogens is 258 g/mol. The maximum Gasteiger partial charge on any atom is 0.230 e. The molecule has 0 aliphatic carbocycles. The van der Waals surface area contributed by atoms with E-state index in [1.807, 2.05) is 4.90 Å². The summed E-state index contributed by atoms with van der Waals surface area (Å²) < 4.78 is 0. The van der Waals surface area contributed by atoms with Gasteiger partial charge in [0.15, 0.2) is 0 Å². The van der Waals surface area contributed by atoms with Gasteiger partial charge in [-0.15, -0.1) is 0 Å². The second-order valence-electron chi connectivity index (χ2n) is 5.82. The lowest BCUT2D eigenvalue weighted by Crippen LogP contribution is -2.50. The van der Waals surface area contributed by atoms with Crippen molar-refractivity contribution in [2.24, 2.45) is 5.41 Å². The van der Waals surface area contributed by atoms with Crippen molar-refractivity contribution in [2.45, 2.75) is 25.8 Å². The summed E-state index contributed by atoms with van der Waals surface area (Å²) in [5.74, 6) is 0.223. The van der Waals surface area contributed by atoms with Crippen LogP contribution in [0.3, 0.4) is 0 Å². The fraction of sp³-hybridized carbons (Fsp3) is 0.769. The Labute approximate surface area is 117 Å². The molecule has 20 heavy (non-hydrogen) atoms. The number of aromatic amines is 1. The van der Waals surface area contributed by atoms with Crippen molar-refractivity contribution in [1.82, 2.24) is 25.2 Å². The highest BCUT2D eigenvalue weighted by Gasteiger charge is 2.48. The number of hydrogen-bond donors (Lipinski definition) is 2. The molecule has 110 valence electrons. The predicted molar refractivity (Wildman–Crippen MR) is 71.6 cm³/mol. The zero-order valence-electron chi connectivity index (χ0n) is 11.6. The first-order valence-corrected chi connectivity index (χ1v) is 7.21. The standard InChI is InChI=1S/C13H21N5O2/c19-7-6-18-4-1-2-13(12(18)20)3-5-17(10-13)9-11-8-14-16-15-11/h8,19H,1-7,9-10H2,(H,14,15,16)/t13-/m1/s1. The summed E-state index contributed by atoms with van der Waals surface area (Å²) in [6, 6.07) is 0. The van der Waals surface area contributed by atoms with Crippen LogP contribution < -0.4 is 0 Å². The summed E-state index contributed by atoms with van der Waals surface area (Å²) in [4.78, 5) is 16.7. The first kappa shape index (κ1) is 13.5. The molecule has 1 atom stereocenters. The first-order chi connectivity index (χ1) is 9.73. The average molecular weight is 279 g/mol. The number of carbonyl (C=O) groups is 1. The van der Waals surface area contributed by atoms with E-state index in [0.29, 0.717) is 6.54 Å². The van der Waals surface area contributed by atoms with E-state index in [2.05, 4.69) is 20.3 Å². The number of aliphatic hydroxyl groups is 1. The number of amides is 1. The van der Waals surface area contributed by atoms with Gasteiger partial charge >= 0.3 is 0 Å². The lowest BCUT2D eigenvalue weighted by molar-refractivity contribution is -0.146. The lowest BCUT2D eigenvalue weighted by atomic mass is 9.78. The van der Waals surface area contributed by atoms with Crippen molar-refractivity contribution >= 4 is 5.91 Å². The number of aromatic nitrogens is 3. The number of H-pyrrole nitrogens is 1. The maximum atomic E-state index is 12.6. The van der Waals surface area contributed by atoms with Gasteiger partial charge < -0.3 is 10.0 Å². The van der Waals surface area contributed by atoms with Gasteiger partial charge in [-0.1, -0.05) is 0 Å². The third kappa shape index (κ3) is 2.43. The van der Waals surface area contributed by atoms with Gasteiger partial charge in [0, 0.05) is 26.2 Å². The lowest BCUT2D eigenvalue weighted by Gasteiger charge is -2.39. The van der Waals surface area contributed by atoms with Gasteiger partial charge in [0.1, 0.15) is 0 Å². The van der Waals surface area contributed by atoms with Crippen LogP contribution in [-0.4, -0.2) is 69.0 Å². The molecule has 0 bridgehead atoms. The van der Waals surface area contributed by atoms with Gasteiger partial charge in [0.2, 0.25) is 5.91 Å². The molecule has 3 rings (SSSR count). The Morgan fingerprint density at radius 1 is 1.40 bits per heavy atom. The van der Waals surface area contributed by atoms with Crippen LogP contribution in [0.25, 0.3) is 0 Å². The molecule has 3 heterocycles. The predicted octanol–water partition coefficient (Wildman–Crippen LogP) is -0.388. The monoisotopic (exact) mass is 279 g/mol. The second-order valence-corrected chi connectivity index (χ2v) is 5.82. The van der Waals surface area contributed by atoms with Crippen LogP contribution in [0.4, 0.5) is 0 Å². The van der Waals surface area contributed by atoms with Gasteiger partial charge in [-0.2, -0.15) is 15.4 Å². The minimum Gasteiger partial charge on any atom is -0.395 e. The van der Waals surface area contributed by atoms with Crippen LogP contribution in [-0.2, 0) is 11.3 Å². The summed E-state index contributed by atoms with van der Waals surface area (Å²) in [5.41, 5.74) is 0.675. The van der Waals surface area contributed by atoms with E-state index < -0.39 is 0 Å². The summed E-state index contributed by atoms with van der Waals surface area (Å²) in [6.07, 6.45) is 4.63. The van der Waals surface area contributed by atoms with E-state index in [4.69, 9.17) is 5.11 Å². The van der Waals surface area contributed by atoms with E-state index in [0.717, 1.165) is 51.1 Å². The minimum absolute atomic E-state index is 0.0461. The third-order valence-corrected chi connectivity index (χ3v) is 4.48. The number of piperidine rings is 1. The first-order valence-electron chi connectivity index (χ1n) is 7.21. The quantitative estimate of drug-likeness (QED) is 0.784. The van der Waals surface area contributed by atoms with Crippen LogP contribution in [0.5, 0.6) is 0 Å². The van der Waals surface area contributed by atoms with Crippen LogP contribution in [0, 0.1) is 5.41 Å². The molecular formula is C13H21N5O2. The van der Waals surface area contributed by atoms with Gasteiger partial charge in [0.25, 0.3) is 0 Å². The summed E-state index contributed by atoms with van der Waals surface area (Å²) >= 11 is 0. The highest BCUT2D eigenvalue weighted by Crippen LogP contribution is 2.40. The topological polar surface area (TPSA) is 85.4 Å². The summed E-state index contributed by atoms with van der Waals surface area (Å²) in [7, 11) is 0. The van der Waals surface area contributed by atoms with E-state index >= 15 is 0 Å². The van der Waals surface area contributed by atoms with Crippen molar-refractivity contribution in [3.8, 4) is 0 Å². The number of hydrogen-bond acceptors (Lipinski definition) is 5.